The number of nitrogens with zero attached hydrogens (tertiary/aromatic N) is 6. The van der Waals surface area contributed by atoms with Gasteiger partial charge in [0.15, 0.2) is 5.65 Å². The third-order valence-corrected chi connectivity index (χ3v) is 7.91. The Morgan fingerprint density at radius 3 is 2.56 bits per heavy atom. The number of amides is 1. The van der Waals surface area contributed by atoms with Gasteiger partial charge < -0.3 is 9.80 Å². The van der Waals surface area contributed by atoms with Crippen LogP contribution >= 0.6 is 11.6 Å². The lowest BCUT2D eigenvalue weighted by Crippen LogP contribution is -2.58. The SMILES string of the molecule is C=CC(=O)N1C[C@H](C)N(c2nc(=O)n(-c3c(C)cncc3C(C)C)c3nc(-c4ccccc4F)c(Cl)cc23)C[C@H]1C. The lowest BCUT2D eigenvalue weighted by atomic mass is 10.0. The molecule has 0 bridgehead atoms. The molecule has 0 radical (unpaired) electrons. The molecule has 4 aromatic rings. The number of aryl methyl sites for hydroxylation is 1. The van der Waals surface area contributed by atoms with Crippen molar-refractivity contribution in [3.8, 4) is 16.9 Å². The lowest BCUT2D eigenvalue weighted by Gasteiger charge is -2.44. The summed E-state index contributed by atoms with van der Waals surface area (Å²) >= 11 is 6.78. The fraction of sp³-hybridized carbons (Fsp3) is 0.323. The van der Waals surface area contributed by atoms with Gasteiger partial charge in [0.2, 0.25) is 5.91 Å². The van der Waals surface area contributed by atoms with E-state index in [-0.39, 0.29) is 40.2 Å². The Bertz CT molecular complexity index is 1740. The van der Waals surface area contributed by atoms with Crippen molar-refractivity contribution in [2.24, 2.45) is 0 Å². The largest absolute Gasteiger partial charge is 0.355 e. The van der Waals surface area contributed by atoms with Crippen molar-refractivity contribution in [1.29, 1.82) is 0 Å². The Morgan fingerprint density at radius 2 is 1.88 bits per heavy atom. The number of carbonyl (C=O) groups is 1. The van der Waals surface area contributed by atoms with E-state index < -0.39 is 11.5 Å². The molecule has 4 heterocycles. The van der Waals surface area contributed by atoms with Crippen molar-refractivity contribution < 1.29 is 9.18 Å². The molecule has 3 aromatic heterocycles. The summed E-state index contributed by atoms with van der Waals surface area (Å²) in [6, 6.07) is 7.64. The first kappa shape index (κ1) is 28.4. The molecule has 1 fully saturated rings. The van der Waals surface area contributed by atoms with Crippen LogP contribution in [0.5, 0.6) is 0 Å². The molecule has 0 aliphatic carbocycles. The van der Waals surface area contributed by atoms with Crippen LogP contribution in [-0.4, -0.2) is 55.5 Å². The Morgan fingerprint density at radius 1 is 1.15 bits per heavy atom. The van der Waals surface area contributed by atoms with Crippen molar-refractivity contribution in [1.82, 2.24) is 24.4 Å². The van der Waals surface area contributed by atoms with E-state index in [1.807, 2.05) is 39.5 Å². The number of hydrogen-bond donors (Lipinski definition) is 0. The quantitative estimate of drug-likeness (QED) is 0.285. The molecule has 10 heteroatoms. The predicted molar refractivity (Wildman–Crippen MR) is 160 cm³/mol. The second-order valence-corrected chi connectivity index (χ2v) is 11.2. The number of anilines is 1. The number of hydrogen-bond acceptors (Lipinski definition) is 6. The Balaban J connectivity index is 1.83. The summed E-state index contributed by atoms with van der Waals surface area (Å²) in [5, 5.41) is 0.774. The summed E-state index contributed by atoms with van der Waals surface area (Å²) in [4.78, 5) is 44.1. The third kappa shape index (κ3) is 4.99. The van der Waals surface area contributed by atoms with E-state index >= 15 is 0 Å². The number of rotatable bonds is 5. The van der Waals surface area contributed by atoms with Crippen molar-refractivity contribution in [3.63, 3.8) is 0 Å². The van der Waals surface area contributed by atoms with E-state index in [1.54, 1.807) is 41.6 Å². The van der Waals surface area contributed by atoms with Crippen LogP contribution in [0.25, 0.3) is 28.0 Å². The number of carbonyl (C=O) groups excluding carboxylic acids is 1. The first-order chi connectivity index (χ1) is 19.5. The summed E-state index contributed by atoms with van der Waals surface area (Å²) < 4.78 is 16.4. The van der Waals surface area contributed by atoms with Gasteiger partial charge in [0.05, 0.1) is 21.8 Å². The fourth-order valence-electron chi connectivity index (χ4n) is 5.52. The molecule has 1 aliphatic rings. The Hall–Kier alpha value is -4.11. The smallest absolute Gasteiger partial charge is 0.349 e. The molecule has 1 aromatic carbocycles. The van der Waals surface area contributed by atoms with Crippen LogP contribution in [0.2, 0.25) is 5.02 Å². The molecule has 5 rings (SSSR count). The first-order valence-electron chi connectivity index (χ1n) is 13.6. The van der Waals surface area contributed by atoms with E-state index in [0.29, 0.717) is 35.6 Å². The summed E-state index contributed by atoms with van der Waals surface area (Å²) in [6.07, 6.45) is 4.75. The summed E-state index contributed by atoms with van der Waals surface area (Å²) in [5.74, 6) is -0.156. The number of benzene rings is 1. The van der Waals surface area contributed by atoms with Gasteiger partial charge in [0, 0.05) is 43.1 Å². The van der Waals surface area contributed by atoms with Gasteiger partial charge in [-0.1, -0.05) is 44.2 Å². The maximum absolute atomic E-state index is 15.0. The monoisotopic (exact) mass is 574 g/mol. The van der Waals surface area contributed by atoms with Gasteiger partial charge in [-0.05, 0) is 62.1 Å². The first-order valence-corrected chi connectivity index (χ1v) is 13.9. The Labute approximate surface area is 243 Å². The van der Waals surface area contributed by atoms with Gasteiger partial charge in [-0.25, -0.2) is 18.7 Å². The van der Waals surface area contributed by atoms with Crippen molar-refractivity contribution in [2.75, 3.05) is 18.0 Å². The van der Waals surface area contributed by atoms with Gasteiger partial charge in [0.1, 0.15) is 11.6 Å². The molecule has 41 heavy (non-hydrogen) atoms. The summed E-state index contributed by atoms with van der Waals surface area (Å²) in [7, 11) is 0. The molecule has 0 N–H and O–H groups in total. The van der Waals surface area contributed by atoms with Crippen LogP contribution in [0.15, 0.2) is 60.2 Å². The van der Waals surface area contributed by atoms with Crippen LogP contribution in [0.4, 0.5) is 10.2 Å². The van der Waals surface area contributed by atoms with Crippen LogP contribution < -0.4 is 10.6 Å². The molecule has 0 unspecified atom stereocenters. The molecule has 1 aliphatic heterocycles. The highest BCUT2D eigenvalue weighted by Gasteiger charge is 2.34. The molecule has 1 saturated heterocycles. The number of piperazine rings is 1. The van der Waals surface area contributed by atoms with E-state index in [9.17, 15) is 14.0 Å². The molecule has 8 nitrogen and oxygen atoms in total. The normalized spacial score (nSPS) is 17.4. The molecule has 212 valence electrons. The third-order valence-electron chi connectivity index (χ3n) is 7.62. The highest BCUT2D eigenvalue weighted by molar-refractivity contribution is 6.33. The Kier molecular flexibility index (Phi) is 7.66. The minimum absolute atomic E-state index is 0.0497. The van der Waals surface area contributed by atoms with Gasteiger partial charge in [-0.15, -0.1) is 0 Å². The number of fused-ring (bicyclic) bond motifs is 1. The maximum Gasteiger partial charge on any atom is 0.355 e. The minimum atomic E-state index is -0.526. The van der Waals surface area contributed by atoms with Crippen LogP contribution in [0.1, 0.15) is 44.7 Å². The predicted octanol–water partition coefficient (Wildman–Crippen LogP) is 5.68. The van der Waals surface area contributed by atoms with E-state index in [4.69, 9.17) is 16.6 Å². The maximum atomic E-state index is 15.0. The zero-order chi connectivity index (χ0) is 29.6. The number of halogens is 2. The molecular formula is C31H32ClFN6O2. The van der Waals surface area contributed by atoms with Gasteiger partial charge in [0.25, 0.3) is 0 Å². The summed E-state index contributed by atoms with van der Waals surface area (Å²) in [6.45, 7) is 14.3. The number of pyridine rings is 2. The molecular weight excluding hydrogens is 543 g/mol. The van der Waals surface area contributed by atoms with E-state index in [2.05, 4.69) is 16.5 Å². The standard InChI is InChI=1S/C31H32ClFN6O2/c1-7-26(40)37-15-20(6)38(16-19(37)5)29-22-12-24(32)27(21-10-8-9-11-25(21)33)35-30(22)39(31(41)36-29)28-18(4)13-34-14-23(28)17(2)3/h7-14,17,19-20H,1,15-16H2,2-6H3/t19-,20+/m1/s1. The average Bonchev–Trinajstić information content (AvgIpc) is 2.94. The van der Waals surface area contributed by atoms with Gasteiger partial charge in [-0.3, -0.25) is 9.78 Å². The van der Waals surface area contributed by atoms with Gasteiger partial charge >= 0.3 is 5.69 Å². The minimum Gasteiger partial charge on any atom is -0.349 e. The second kappa shape index (κ2) is 11.0. The van der Waals surface area contributed by atoms with Crippen molar-refractivity contribution in [3.05, 3.63) is 87.8 Å². The van der Waals surface area contributed by atoms with Crippen molar-refractivity contribution in [2.45, 2.75) is 52.6 Å². The zero-order valence-corrected chi connectivity index (χ0v) is 24.5. The van der Waals surface area contributed by atoms with Crippen LogP contribution in [0.3, 0.4) is 0 Å². The lowest BCUT2D eigenvalue weighted by molar-refractivity contribution is -0.128. The van der Waals surface area contributed by atoms with Crippen LogP contribution in [-0.2, 0) is 4.79 Å². The van der Waals surface area contributed by atoms with Gasteiger partial charge in [-0.2, -0.15) is 4.98 Å². The average molecular weight is 575 g/mol. The topological polar surface area (TPSA) is 84.2 Å². The molecule has 0 spiro atoms. The zero-order valence-electron chi connectivity index (χ0n) is 23.7. The fourth-order valence-corrected chi connectivity index (χ4v) is 5.77. The van der Waals surface area contributed by atoms with Crippen LogP contribution in [0, 0.1) is 12.7 Å². The highest BCUT2D eigenvalue weighted by atomic mass is 35.5. The van der Waals surface area contributed by atoms with Crippen molar-refractivity contribution >= 4 is 34.4 Å². The van der Waals surface area contributed by atoms with E-state index in [0.717, 1.165) is 11.1 Å². The molecule has 2 atom stereocenters. The summed E-state index contributed by atoms with van der Waals surface area (Å²) in [5.41, 5.74) is 2.50. The second-order valence-electron chi connectivity index (χ2n) is 10.8. The van der Waals surface area contributed by atoms with E-state index in [1.165, 1.54) is 16.7 Å². The highest BCUT2D eigenvalue weighted by Crippen LogP contribution is 2.36. The molecule has 0 saturated carbocycles. The molecule has 1 amide bonds. The number of aromatic nitrogens is 4.